The van der Waals surface area contributed by atoms with Crippen molar-refractivity contribution in [3.63, 3.8) is 0 Å². The lowest BCUT2D eigenvalue weighted by Crippen LogP contribution is -2.20. The molecule has 7 nitrogen and oxygen atoms in total. The molecule has 2 N–H and O–H groups in total. The van der Waals surface area contributed by atoms with E-state index in [9.17, 15) is 19.8 Å². The molecule has 208 valence electrons. The number of methoxy groups -OCH3 is 1. The molecule has 1 aliphatic rings. The molecular formula is C29H44O7S. The fourth-order valence-corrected chi connectivity index (χ4v) is 5.41. The summed E-state index contributed by atoms with van der Waals surface area (Å²) in [6.45, 7) is 4.06. The van der Waals surface area contributed by atoms with Crippen molar-refractivity contribution in [3.05, 3.63) is 47.5 Å². The van der Waals surface area contributed by atoms with Gasteiger partial charge in [-0.15, -0.1) is 0 Å². The smallest absolute Gasteiger partial charge is 0.305 e. The molecule has 0 unspecified atom stereocenters. The van der Waals surface area contributed by atoms with Crippen LogP contribution in [-0.2, 0) is 36.8 Å². The minimum atomic E-state index is -0.711. The van der Waals surface area contributed by atoms with Crippen LogP contribution in [0.3, 0.4) is 0 Å². The molecule has 2 rings (SSSR count). The molecule has 4 atom stereocenters. The first-order chi connectivity index (χ1) is 17.9. The topological polar surface area (TPSA) is 102 Å². The molecule has 0 saturated heterocycles. The number of benzene rings is 1. The largest absolute Gasteiger partial charge is 0.463 e. The lowest BCUT2D eigenvalue weighted by molar-refractivity contribution is -0.145. The SMILES string of the molecule is CCCCOCCOC(=O)CCCSCC[C@H]1C(=O)C[C@@H](O)[C@@H]1/C=C/[C@@H](O)Cc1cccc(COC)c1. The van der Waals surface area contributed by atoms with Crippen molar-refractivity contribution in [2.45, 2.75) is 70.7 Å². The fraction of sp³-hybridized carbons (Fsp3) is 0.655. The third-order valence-corrected chi connectivity index (χ3v) is 7.51. The summed E-state index contributed by atoms with van der Waals surface area (Å²) >= 11 is 1.71. The Bertz CT molecular complexity index is 828. The van der Waals surface area contributed by atoms with Crippen molar-refractivity contribution in [2.24, 2.45) is 11.8 Å². The Balaban J connectivity index is 1.67. The number of Topliss-reactive ketones (excluding diaryl/α,β-unsaturated/α-hetero) is 1. The number of hydrogen-bond acceptors (Lipinski definition) is 8. The van der Waals surface area contributed by atoms with Crippen molar-refractivity contribution in [2.75, 3.05) is 38.4 Å². The summed E-state index contributed by atoms with van der Waals surface area (Å²) in [4.78, 5) is 24.3. The highest BCUT2D eigenvalue weighted by molar-refractivity contribution is 7.99. The predicted octanol–water partition coefficient (Wildman–Crippen LogP) is 4.12. The second kappa shape index (κ2) is 18.5. The zero-order valence-electron chi connectivity index (χ0n) is 22.3. The number of hydrogen-bond donors (Lipinski definition) is 2. The maximum atomic E-state index is 12.5. The number of carbonyl (C=O) groups is 2. The molecule has 1 aromatic rings. The highest BCUT2D eigenvalue weighted by Crippen LogP contribution is 2.34. The van der Waals surface area contributed by atoms with E-state index in [0.29, 0.717) is 45.7 Å². The number of esters is 1. The first-order valence-corrected chi connectivity index (χ1v) is 14.5. The standard InChI is InChI=1S/C29H44O7S/c1-3-4-13-35-14-15-36-29(33)9-6-16-37-17-12-26-25(27(31)20-28(26)32)11-10-24(30)19-22-7-5-8-23(18-22)21-34-2/h5,7-8,10-11,18,24-27,30-31H,3-4,6,9,12-17,19-21H2,1-2H3/b11-10+/t24-,25-,26-,27-/m1/s1. The van der Waals surface area contributed by atoms with Gasteiger partial charge in [-0.3, -0.25) is 9.59 Å². The van der Waals surface area contributed by atoms with Crippen LogP contribution in [0.4, 0.5) is 0 Å². The summed E-state index contributed by atoms with van der Waals surface area (Å²) in [6, 6.07) is 7.90. The van der Waals surface area contributed by atoms with Crippen LogP contribution in [-0.4, -0.2) is 72.6 Å². The summed E-state index contributed by atoms with van der Waals surface area (Å²) in [5.74, 6) is 0.943. The number of rotatable bonds is 19. The van der Waals surface area contributed by atoms with Gasteiger partial charge in [0.25, 0.3) is 0 Å². The Morgan fingerprint density at radius 2 is 2.00 bits per heavy atom. The van der Waals surface area contributed by atoms with Crippen molar-refractivity contribution >= 4 is 23.5 Å². The zero-order chi connectivity index (χ0) is 26.9. The Hall–Kier alpha value is -1.71. The van der Waals surface area contributed by atoms with Gasteiger partial charge in [0.15, 0.2) is 0 Å². The summed E-state index contributed by atoms with van der Waals surface area (Å²) in [5, 5.41) is 20.9. The molecule has 0 aromatic heterocycles. The van der Waals surface area contributed by atoms with Gasteiger partial charge in [-0.05, 0) is 41.9 Å². The van der Waals surface area contributed by atoms with Gasteiger partial charge in [-0.1, -0.05) is 49.8 Å². The van der Waals surface area contributed by atoms with E-state index in [0.717, 1.165) is 41.9 Å². The van der Waals surface area contributed by atoms with E-state index < -0.39 is 12.2 Å². The molecule has 1 aromatic carbocycles. The van der Waals surface area contributed by atoms with Crippen molar-refractivity contribution in [3.8, 4) is 0 Å². The van der Waals surface area contributed by atoms with Gasteiger partial charge >= 0.3 is 5.97 Å². The minimum absolute atomic E-state index is 0.0780. The van der Waals surface area contributed by atoms with Gasteiger partial charge < -0.3 is 24.4 Å². The van der Waals surface area contributed by atoms with E-state index in [1.807, 2.05) is 30.3 Å². The van der Waals surface area contributed by atoms with Gasteiger partial charge in [-0.2, -0.15) is 11.8 Å². The maximum absolute atomic E-state index is 12.5. The van der Waals surface area contributed by atoms with Crippen LogP contribution in [0.2, 0.25) is 0 Å². The van der Waals surface area contributed by atoms with Crippen molar-refractivity contribution in [1.29, 1.82) is 0 Å². The van der Waals surface area contributed by atoms with E-state index in [4.69, 9.17) is 14.2 Å². The number of aliphatic hydroxyl groups is 2. The maximum Gasteiger partial charge on any atom is 0.305 e. The number of ketones is 1. The number of aliphatic hydroxyl groups excluding tert-OH is 2. The van der Waals surface area contributed by atoms with Crippen LogP contribution in [0.5, 0.6) is 0 Å². The van der Waals surface area contributed by atoms with Crippen molar-refractivity contribution in [1.82, 2.24) is 0 Å². The Kier molecular flexibility index (Phi) is 15.8. The van der Waals surface area contributed by atoms with Crippen LogP contribution < -0.4 is 0 Å². The molecule has 0 heterocycles. The van der Waals surface area contributed by atoms with Gasteiger partial charge in [-0.25, -0.2) is 0 Å². The normalized spacial score (nSPS) is 20.5. The van der Waals surface area contributed by atoms with Crippen LogP contribution in [0.25, 0.3) is 0 Å². The zero-order valence-corrected chi connectivity index (χ0v) is 23.1. The molecule has 1 saturated carbocycles. The second-order valence-corrected chi connectivity index (χ2v) is 10.7. The monoisotopic (exact) mass is 536 g/mol. The first kappa shape index (κ1) is 31.5. The number of thioether (sulfide) groups is 1. The Morgan fingerprint density at radius 3 is 2.78 bits per heavy atom. The van der Waals surface area contributed by atoms with Gasteiger partial charge in [0, 0.05) is 44.8 Å². The number of carbonyl (C=O) groups excluding carboxylic acids is 2. The van der Waals surface area contributed by atoms with E-state index >= 15 is 0 Å². The molecule has 0 radical (unpaired) electrons. The molecule has 0 aliphatic heterocycles. The minimum Gasteiger partial charge on any atom is -0.463 e. The van der Waals surface area contributed by atoms with Crippen LogP contribution >= 0.6 is 11.8 Å². The molecule has 0 bridgehead atoms. The average Bonchev–Trinajstić information content (AvgIpc) is 3.14. The quantitative estimate of drug-likeness (QED) is 0.155. The highest BCUT2D eigenvalue weighted by atomic mass is 32.2. The summed E-state index contributed by atoms with van der Waals surface area (Å²) < 4.78 is 15.7. The van der Waals surface area contributed by atoms with Gasteiger partial charge in [0.1, 0.15) is 12.4 Å². The van der Waals surface area contributed by atoms with E-state index in [1.54, 1.807) is 24.9 Å². The lowest BCUT2D eigenvalue weighted by Gasteiger charge is -2.18. The Morgan fingerprint density at radius 1 is 1.19 bits per heavy atom. The third kappa shape index (κ3) is 12.6. The molecule has 8 heteroatoms. The molecule has 1 aliphatic carbocycles. The van der Waals surface area contributed by atoms with Crippen LogP contribution in [0, 0.1) is 11.8 Å². The Labute approximate surface area is 226 Å². The summed E-state index contributed by atoms with van der Waals surface area (Å²) in [5.41, 5.74) is 2.06. The van der Waals surface area contributed by atoms with E-state index in [1.165, 1.54) is 0 Å². The average molecular weight is 537 g/mol. The number of ether oxygens (including phenoxy) is 3. The van der Waals surface area contributed by atoms with Crippen LogP contribution in [0.15, 0.2) is 36.4 Å². The fourth-order valence-electron chi connectivity index (χ4n) is 4.44. The molecule has 1 fully saturated rings. The molecule has 0 amide bonds. The van der Waals surface area contributed by atoms with E-state index in [-0.39, 0.29) is 30.0 Å². The number of unbranched alkanes of at least 4 members (excludes halogenated alkanes) is 1. The molecule has 0 spiro atoms. The third-order valence-electron chi connectivity index (χ3n) is 6.41. The van der Waals surface area contributed by atoms with Gasteiger partial charge in [0.05, 0.1) is 25.4 Å². The predicted molar refractivity (Wildman–Crippen MR) is 146 cm³/mol. The van der Waals surface area contributed by atoms with Crippen molar-refractivity contribution < 1.29 is 34.0 Å². The van der Waals surface area contributed by atoms with Crippen LogP contribution in [0.1, 0.15) is 56.6 Å². The molecular weight excluding hydrogens is 492 g/mol. The highest BCUT2D eigenvalue weighted by Gasteiger charge is 2.39. The summed E-state index contributed by atoms with van der Waals surface area (Å²) in [7, 11) is 1.65. The molecule has 37 heavy (non-hydrogen) atoms. The first-order valence-electron chi connectivity index (χ1n) is 13.4. The second-order valence-electron chi connectivity index (χ2n) is 9.52. The lowest BCUT2D eigenvalue weighted by atomic mass is 9.91. The van der Waals surface area contributed by atoms with Gasteiger partial charge in [0.2, 0.25) is 0 Å². The van der Waals surface area contributed by atoms with E-state index in [2.05, 4.69) is 6.92 Å². The summed E-state index contributed by atoms with van der Waals surface area (Å²) in [6.07, 6.45) is 6.60.